The molecule has 1 aromatic heterocycles. The Balaban J connectivity index is 1.27. The lowest BCUT2D eigenvalue weighted by Crippen LogP contribution is -2.40. The van der Waals surface area contributed by atoms with Crippen LogP contribution >= 0.6 is 0 Å². The third-order valence-corrected chi connectivity index (χ3v) is 10.9. The van der Waals surface area contributed by atoms with Crippen molar-refractivity contribution >= 4 is 33.1 Å². The molecule has 8 nitrogen and oxygen atoms in total. The summed E-state index contributed by atoms with van der Waals surface area (Å²) >= 11 is 0. The number of nitrogens with zero attached hydrogens (tertiary/aromatic N) is 4. The van der Waals surface area contributed by atoms with E-state index in [0.717, 1.165) is 38.8 Å². The lowest BCUT2D eigenvalue weighted by molar-refractivity contribution is -0.0222. The van der Waals surface area contributed by atoms with Crippen LogP contribution in [0.5, 0.6) is 0 Å². The predicted octanol–water partition coefficient (Wildman–Crippen LogP) is 5.22. The molecular formula is C27H34F2N6O2S. The Hall–Kier alpha value is -2.82. The molecule has 0 radical (unpaired) electrons. The monoisotopic (exact) mass is 544 g/mol. The fourth-order valence-electron chi connectivity index (χ4n) is 5.62. The molecule has 1 unspecified atom stereocenters. The third kappa shape index (κ3) is 5.09. The molecule has 2 saturated heterocycles. The number of aromatic nitrogens is 2. The number of carbonyl (C=O) groups excluding carboxylic acids is 1. The van der Waals surface area contributed by atoms with Crippen LogP contribution in [0, 0.1) is 17.1 Å². The van der Waals surface area contributed by atoms with Gasteiger partial charge in [0.05, 0.1) is 21.0 Å². The molecule has 6 rings (SSSR count). The van der Waals surface area contributed by atoms with Gasteiger partial charge in [0.15, 0.2) is 0 Å². The van der Waals surface area contributed by atoms with Gasteiger partial charge in [0.1, 0.15) is 5.82 Å². The van der Waals surface area contributed by atoms with Gasteiger partial charge in [0.25, 0.3) is 11.8 Å². The van der Waals surface area contributed by atoms with E-state index in [2.05, 4.69) is 20.2 Å². The number of hydrogen-bond donors (Lipinski definition) is 2. The number of carbonyl (C=O) groups is 1. The highest BCUT2D eigenvalue weighted by Crippen LogP contribution is 2.54. The van der Waals surface area contributed by atoms with E-state index in [0.29, 0.717) is 39.0 Å². The van der Waals surface area contributed by atoms with Crippen LogP contribution in [0.3, 0.4) is 0 Å². The molecule has 1 amide bonds. The molecule has 4 fully saturated rings. The highest BCUT2D eigenvalue weighted by molar-refractivity contribution is 7.93. The van der Waals surface area contributed by atoms with Gasteiger partial charge >= 0.3 is 0 Å². The van der Waals surface area contributed by atoms with Gasteiger partial charge < -0.3 is 15.1 Å². The van der Waals surface area contributed by atoms with Crippen molar-refractivity contribution in [2.75, 3.05) is 41.3 Å². The maximum absolute atomic E-state index is 13.6. The number of amides is 1. The van der Waals surface area contributed by atoms with Gasteiger partial charge in [0, 0.05) is 60.9 Å². The highest BCUT2D eigenvalue weighted by Gasteiger charge is 2.45. The fourth-order valence-corrected chi connectivity index (χ4v) is 7.36. The van der Waals surface area contributed by atoms with E-state index in [1.807, 2.05) is 0 Å². The summed E-state index contributed by atoms with van der Waals surface area (Å²) in [5.41, 5.74) is 2.24. The average Bonchev–Trinajstić information content (AvgIpc) is 3.80. The molecule has 2 aromatic rings. The van der Waals surface area contributed by atoms with E-state index >= 15 is 0 Å². The minimum atomic E-state index is -2.91. The maximum atomic E-state index is 13.6. The number of alkyl halides is 2. The molecule has 3 heterocycles. The first-order chi connectivity index (χ1) is 18.0. The summed E-state index contributed by atoms with van der Waals surface area (Å²) in [6.07, 6.45) is 5.77. The van der Waals surface area contributed by atoms with E-state index in [1.54, 1.807) is 36.1 Å². The number of halogens is 2. The lowest BCUT2D eigenvalue weighted by atomic mass is 9.93. The Bertz CT molecular complexity index is 1350. The van der Waals surface area contributed by atoms with Crippen LogP contribution in [0.4, 0.5) is 26.2 Å². The number of rotatable bonds is 6. The van der Waals surface area contributed by atoms with Crippen molar-refractivity contribution in [2.45, 2.75) is 74.4 Å². The van der Waals surface area contributed by atoms with Gasteiger partial charge in [-0.15, -0.1) is 0 Å². The van der Waals surface area contributed by atoms with Crippen molar-refractivity contribution in [3.63, 3.8) is 0 Å². The SMILES string of the molecule is Cc1cc(NC(=O)c2ccc(S(=N)(=O)C3CC3)cc2N2CCC3(CC2)CC3)nc(N2CCC(F)(F)CC2)n1. The number of nitrogens with one attached hydrogen (secondary N) is 2. The van der Waals surface area contributed by atoms with Gasteiger partial charge in [-0.25, -0.2) is 22.8 Å². The fraction of sp³-hybridized carbons (Fsp3) is 0.593. The number of benzene rings is 1. The maximum Gasteiger partial charge on any atom is 0.258 e. The van der Waals surface area contributed by atoms with Crippen LogP contribution in [0.25, 0.3) is 0 Å². The zero-order valence-electron chi connectivity index (χ0n) is 21.6. The first-order valence-corrected chi connectivity index (χ1v) is 15.1. The van der Waals surface area contributed by atoms with Crippen molar-refractivity contribution in [3.8, 4) is 0 Å². The van der Waals surface area contributed by atoms with Crippen LogP contribution in [0.2, 0.25) is 0 Å². The predicted molar refractivity (Wildman–Crippen MR) is 143 cm³/mol. The Kier molecular flexibility index (Phi) is 6.12. The zero-order chi connectivity index (χ0) is 26.7. The Morgan fingerprint density at radius 2 is 1.66 bits per heavy atom. The van der Waals surface area contributed by atoms with Gasteiger partial charge in [-0.1, -0.05) is 0 Å². The van der Waals surface area contributed by atoms with Crippen molar-refractivity contribution in [1.82, 2.24) is 9.97 Å². The molecule has 2 saturated carbocycles. The zero-order valence-corrected chi connectivity index (χ0v) is 22.5. The largest absolute Gasteiger partial charge is 0.371 e. The molecule has 38 heavy (non-hydrogen) atoms. The second kappa shape index (κ2) is 9.14. The van der Waals surface area contributed by atoms with Crippen LogP contribution in [0.1, 0.15) is 67.4 Å². The van der Waals surface area contributed by atoms with E-state index in [-0.39, 0.29) is 37.1 Å². The highest BCUT2D eigenvalue weighted by atomic mass is 32.2. The van der Waals surface area contributed by atoms with E-state index < -0.39 is 15.7 Å². The van der Waals surface area contributed by atoms with Gasteiger partial charge in [-0.3, -0.25) is 4.79 Å². The summed E-state index contributed by atoms with van der Waals surface area (Å²) < 4.78 is 49.0. The summed E-state index contributed by atoms with van der Waals surface area (Å²) in [5, 5.41) is 2.78. The van der Waals surface area contributed by atoms with E-state index in [1.165, 1.54) is 12.8 Å². The van der Waals surface area contributed by atoms with Crippen molar-refractivity contribution in [2.24, 2.45) is 5.41 Å². The normalized spacial score (nSPS) is 23.7. The van der Waals surface area contributed by atoms with Crippen LogP contribution in [0.15, 0.2) is 29.2 Å². The molecular weight excluding hydrogens is 510 g/mol. The molecule has 2 aliphatic heterocycles. The summed E-state index contributed by atoms with van der Waals surface area (Å²) in [6.45, 7) is 3.73. The lowest BCUT2D eigenvalue weighted by Gasteiger charge is -2.35. The van der Waals surface area contributed by atoms with Crippen LogP contribution < -0.4 is 15.1 Å². The minimum Gasteiger partial charge on any atom is -0.371 e. The molecule has 1 atom stereocenters. The topological polar surface area (TPSA) is 102 Å². The summed E-state index contributed by atoms with van der Waals surface area (Å²) in [4.78, 5) is 26.9. The van der Waals surface area contributed by atoms with Crippen molar-refractivity contribution in [1.29, 1.82) is 4.78 Å². The Morgan fingerprint density at radius 1 is 1.00 bits per heavy atom. The van der Waals surface area contributed by atoms with Crippen LogP contribution in [-0.4, -0.2) is 57.4 Å². The second-order valence-electron chi connectivity index (χ2n) is 11.5. The summed E-state index contributed by atoms with van der Waals surface area (Å²) in [5.74, 6) is -2.39. The average molecular weight is 545 g/mol. The first kappa shape index (κ1) is 25.5. The molecule has 1 aromatic carbocycles. The molecule has 2 N–H and O–H groups in total. The molecule has 204 valence electrons. The van der Waals surface area contributed by atoms with E-state index in [9.17, 15) is 17.8 Å². The summed E-state index contributed by atoms with van der Waals surface area (Å²) in [6, 6.07) is 6.79. The molecule has 0 bridgehead atoms. The quantitative estimate of drug-likeness (QED) is 0.517. The van der Waals surface area contributed by atoms with Gasteiger partial charge in [-0.2, -0.15) is 4.98 Å². The molecule has 2 aliphatic carbocycles. The molecule has 11 heteroatoms. The number of hydrogen-bond acceptors (Lipinski definition) is 7. The van der Waals surface area contributed by atoms with Gasteiger partial charge in [-0.05, 0) is 69.1 Å². The van der Waals surface area contributed by atoms with E-state index in [4.69, 9.17) is 4.78 Å². The smallest absolute Gasteiger partial charge is 0.258 e. The van der Waals surface area contributed by atoms with Crippen molar-refractivity contribution < 1.29 is 17.8 Å². The van der Waals surface area contributed by atoms with Crippen molar-refractivity contribution in [3.05, 3.63) is 35.5 Å². The molecule has 4 aliphatic rings. The minimum absolute atomic E-state index is 0.108. The van der Waals surface area contributed by atoms with Crippen LogP contribution in [-0.2, 0) is 9.73 Å². The number of anilines is 3. The number of piperidine rings is 2. The standard InChI is InChI=1S/C27H34F2N6O2S/c1-18-16-23(33-25(31-18)35-14-10-27(28,29)11-15-35)32-24(36)21-5-4-20(38(30,37)19-2-3-19)17-22(21)34-12-8-26(6-7-26)9-13-34/h4-5,16-17,19,30H,2-3,6-15H2,1H3,(H,31,32,33,36). The third-order valence-electron chi connectivity index (χ3n) is 8.54. The Morgan fingerprint density at radius 3 is 2.29 bits per heavy atom. The molecule has 1 spiro atoms. The Labute approximate surface area is 222 Å². The number of aryl methyl sites for hydroxylation is 1. The van der Waals surface area contributed by atoms with Gasteiger partial charge in [0.2, 0.25) is 5.95 Å². The first-order valence-electron chi connectivity index (χ1n) is 13.5. The summed E-state index contributed by atoms with van der Waals surface area (Å²) in [7, 11) is -2.91. The second-order valence-corrected chi connectivity index (χ2v) is 13.8.